The first-order chi connectivity index (χ1) is 14.5. The fraction of sp³-hybridized carbons (Fsp3) is 0.409. The van der Waals surface area contributed by atoms with Crippen molar-refractivity contribution >= 4 is 16.0 Å². The Morgan fingerprint density at radius 3 is 2.60 bits per heavy atom. The zero-order valence-electron chi connectivity index (χ0n) is 17.0. The van der Waals surface area contributed by atoms with Crippen LogP contribution in [0.15, 0.2) is 58.4 Å². The number of nitrogens with two attached hydrogens (primary N) is 1. The molecule has 0 aliphatic carbocycles. The zero-order valence-corrected chi connectivity index (χ0v) is 17.8. The van der Waals surface area contributed by atoms with E-state index in [1.807, 2.05) is 24.3 Å². The Morgan fingerprint density at radius 2 is 1.83 bits per heavy atom. The Kier molecular flexibility index (Phi) is 6.24. The Bertz CT molecular complexity index is 999. The van der Waals surface area contributed by atoms with Gasteiger partial charge in [-0.05, 0) is 36.6 Å². The molecule has 2 aromatic carbocycles. The number of para-hydroxylation sites is 1. The highest BCUT2D eigenvalue weighted by Crippen LogP contribution is 2.31. The zero-order chi connectivity index (χ0) is 21.0. The lowest BCUT2D eigenvalue weighted by Gasteiger charge is -2.27. The summed E-state index contributed by atoms with van der Waals surface area (Å²) in [7, 11) is -3.41. The van der Waals surface area contributed by atoms with E-state index < -0.39 is 10.0 Å². The first-order valence-electron chi connectivity index (χ1n) is 10.4. The molecule has 0 saturated carbocycles. The highest BCUT2D eigenvalue weighted by Gasteiger charge is 2.25. The molecular weight excluding hydrogens is 400 g/mol. The largest absolute Gasteiger partial charge is 0.493 e. The van der Waals surface area contributed by atoms with Gasteiger partial charge in [0.05, 0.1) is 24.1 Å². The SMILES string of the molecule is NC(=NCc1ccc(S(=O)(=O)N2CCCCC2)cc1)NC1CCOc2ccccc21. The van der Waals surface area contributed by atoms with Gasteiger partial charge in [0, 0.05) is 25.1 Å². The molecule has 0 aromatic heterocycles. The van der Waals surface area contributed by atoms with Gasteiger partial charge in [0.25, 0.3) is 0 Å². The third kappa shape index (κ3) is 4.60. The van der Waals surface area contributed by atoms with Crippen molar-refractivity contribution < 1.29 is 13.2 Å². The Hall–Kier alpha value is -2.58. The number of guanidine groups is 1. The summed E-state index contributed by atoms with van der Waals surface area (Å²) in [4.78, 5) is 4.76. The average molecular weight is 429 g/mol. The molecule has 8 heteroatoms. The number of hydrogen-bond acceptors (Lipinski definition) is 4. The first-order valence-corrected chi connectivity index (χ1v) is 11.9. The summed E-state index contributed by atoms with van der Waals surface area (Å²) in [6.45, 7) is 2.22. The number of ether oxygens (including phenoxy) is 1. The fourth-order valence-corrected chi connectivity index (χ4v) is 5.43. The van der Waals surface area contributed by atoms with Crippen LogP contribution in [0.4, 0.5) is 0 Å². The molecule has 3 N–H and O–H groups in total. The number of sulfonamides is 1. The van der Waals surface area contributed by atoms with E-state index in [0.717, 1.165) is 42.6 Å². The van der Waals surface area contributed by atoms with Crippen LogP contribution in [0.5, 0.6) is 5.75 Å². The van der Waals surface area contributed by atoms with Gasteiger partial charge in [-0.1, -0.05) is 36.8 Å². The summed E-state index contributed by atoms with van der Waals surface area (Å²) >= 11 is 0. The molecule has 2 heterocycles. The quantitative estimate of drug-likeness (QED) is 0.564. The van der Waals surface area contributed by atoms with Crippen molar-refractivity contribution in [3.63, 3.8) is 0 Å². The predicted molar refractivity (Wildman–Crippen MR) is 117 cm³/mol. The summed E-state index contributed by atoms with van der Waals surface area (Å²) in [5.41, 5.74) is 8.09. The van der Waals surface area contributed by atoms with Gasteiger partial charge in [0.1, 0.15) is 5.75 Å². The fourth-order valence-electron chi connectivity index (χ4n) is 3.91. The van der Waals surface area contributed by atoms with Gasteiger partial charge >= 0.3 is 0 Å². The number of rotatable bonds is 5. The van der Waals surface area contributed by atoms with Crippen molar-refractivity contribution in [1.29, 1.82) is 0 Å². The van der Waals surface area contributed by atoms with E-state index in [4.69, 9.17) is 10.5 Å². The van der Waals surface area contributed by atoms with Crippen LogP contribution in [0.1, 0.15) is 42.9 Å². The van der Waals surface area contributed by atoms with Crippen molar-refractivity contribution in [2.75, 3.05) is 19.7 Å². The molecule has 1 fully saturated rings. The van der Waals surface area contributed by atoms with Crippen LogP contribution in [0, 0.1) is 0 Å². The number of benzene rings is 2. The molecule has 1 atom stereocenters. The minimum Gasteiger partial charge on any atom is -0.493 e. The molecule has 0 spiro atoms. The van der Waals surface area contributed by atoms with E-state index in [9.17, 15) is 8.42 Å². The van der Waals surface area contributed by atoms with Crippen LogP contribution in [0.3, 0.4) is 0 Å². The number of fused-ring (bicyclic) bond motifs is 1. The molecule has 1 unspecified atom stereocenters. The molecule has 4 rings (SSSR count). The molecule has 0 amide bonds. The van der Waals surface area contributed by atoms with Gasteiger partial charge in [-0.15, -0.1) is 0 Å². The Balaban J connectivity index is 1.38. The lowest BCUT2D eigenvalue weighted by Crippen LogP contribution is -2.37. The van der Waals surface area contributed by atoms with Gasteiger partial charge in [-0.25, -0.2) is 13.4 Å². The molecule has 30 heavy (non-hydrogen) atoms. The van der Waals surface area contributed by atoms with Crippen molar-refractivity contribution in [2.45, 2.75) is 43.2 Å². The van der Waals surface area contributed by atoms with Crippen molar-refractivity contribution in [3.05, 3.63) is 59.7 Å². The van der Waals surface area contributed by atoms with E-state index in [-0.39, 0.29) is 6.04 Å². The second kappa shape index (κ2) is 9.06. The Labute approximate surface area is 178 Å². The minimum absolute atomic E-state index is 0.0655. The number of nitrogens with one attached hydrogen (secondary N) is 1. The van der Waals surface area contributed by atoms with Crippen molar-refractivity contribution in [1.82, 2.24) is 9.62 Å². The van der Waals surface area contributed by atoms with E-state index in [2.05, 4.69) is 10.3 Å². The lowest BCUT2D eigenvalue weighted by atomic mass is 10.0. The summed E-state index contributed by atoms with van der Waals surface area (Å²) in [5.74, 6) is 1.24. The van der Waals surface area contributed by atoms with Gasteiger partial charge in [-0.3, -0.25) is 0 Å². The summed E-state index contributed by atoms with van der Waals surface area (Å²) in [6.07, 6.45) is 3.76. The molecule has 0 bridgehead atoms. The summed E-state index contributed by atoms with van der Waals surface area (Å²) < 4.78 is 32.7. The molecule has 2 aliphatic heterocycles. The number of piperidine rings is 1. The average Bonchev–Trinajstić information content (AvgIpc) is 2.79. The van der Waals surface area contributed by atoms with E-state index in [1.165, 1.54) is 0 Å². The third-order valence-corrected chi connectivity index (χ3v) is 7.50. The predicted octanol–water partition coefficient (Wildman–Crippen LogP) is 2.79. The summed E-state index contributed by atoms with van der Waals surface area (Å²) in [6, 6.07) is 14.9. The van der Waals surface area contributed by atoms with E-state index >= 15 is 0 Å². The van der Waals surface area contributed by atoms with Crippen LogP contribution in [0.25, 0.3) is 0 Å². The van der Waals surface area contributed by atoms with Crippen LogP contribution in [-0.2, 0) is 16.6 Å². The molecule has 1 saturated heterocycles. The standard InChI is InChI=1S/C22H28N4O3S/c23-22(25-20-12-15-29-21-7-3-2-6-19(20)21)24-16-17-8-10-18(11-9-17)30(27,28)26-13-4-1-5-14-26/h2-3,6-11,20H,1,4-5,12-16H2,(H3,23,24,25). The topological polar surface area (TPSA) is 97.0 Å². The van der Waals surface area contributed by atoms with Crippen molar-refractivity contribution in [2.24, 2.45) is 10.7 Å². The smallest absolute Gasteiger partial charge is 0.243 e. The summed E-state index contributed by atoms with van der Waals surface area (Å²) in [5, 5.41) is 3.27. The van der Waals surface area contributed by atoms with Crippen molar-refractivity contribution in [3.8, 4) is 5.75 Å². The number of aliphatic imine (C=N–C) groups is 1. The highest BCUT2D eigenvalue weighted by atomic mass is 32.2. The molecule has 7 nitrogen and oxygen atoms in total. The molecule has 0 radical (unpaired) electrons. The van der Waals surface area contributed by atoms with Crippen LogP contribution < -0.4 is 15.8 Å². The normalized spacial score (nSPS) is 20.3. The highest BCUT2D eigenvalue weighted by molar-refractivity contribution is 7.89. The lowest BCUT2D eigenvalue weighted by molar-refractivity contribution is 0.262. The van der Waals surface area contributed by atoms with Gasteiger partial charge < -0.3 is 15.8 Å². The molecular formula is C22H28N4O3S. The molecule has 160 valence electrons. The van der Waals surface area contributed by atoms with E-state index in [1.54, 1.807) is 28.6 Å². The Morgan fingerprint density at radius 1 is 1.10 bits per heavy atom. The molecule has 2 aliphatic rings. The first kappa shape index (κ1) is 20.7. The van der Waals surface area contributed by atoms with Gasteiger partial charge in [0.15, 0.2) is 5.96 Å². The van der Waals surface area contributed by atoms with Crippen LogP contribution in [0.2, 0.25) is 0 Å². The maximum atomic E-state index is 12.7. The van der Waals surface area contributed by atoms with Crippen LogP contribution >= 0.6 is 0 Å². The number of hydrogen-bond donors (Lipinski definition) is 2. The van der Waals surface area contributed by atoms with Crippen LogP contribution in [-0.4, -0.2) is 38.4 Å². The third-order valence-electron chi connectivity index (χ3n) is 5.59. The number of nitrogens with zero attached hydrogens (tertiary/aromatic N) is 2. The molecule has 2 aromatic rings. The monoisotopic (exact) mass is 428 g/mol. The van der Waals surface area contributed by atoms with Gasteiger partial charge in [0.2, 0.25) is 10.0 Å². The van der Waals surface area contributed by atoms with E-state index in [0.29, 0.717) is 37.1 Å². The minimum atomic E-state index is -3.41. The second-order valence-electron chi connectivity index (χ2n) is 7.68. The van der Waals surface area contributed by atoms with Gasteiger partial charge in [-0.2, -0.15) is 4.31 Å². The second-order valence-corrected chi connectivity index (χ2v) is 9.62. The maximum Gasteiger partial charge on any atom is 0.243 e. The maximum absolute atomic E-state index is 12.7.